The highest BCUT2D eigenvalue weighted by Crippen LogP contribution is 2.29. The lowest BCUT2D eigenvalue weighted by molar-refractivity contribution is -0.385. The molecule has 0 saturated heterocycles. The van der Waals surface area contributed by atoms with Crippen LogP contribution in [0.1, 0.15) is 10.4 Å². The van der Waals surface area contributed by atoms with Crippen molar-refractivity contribution in [2.45, 2.75) is 0 Å². The van der Waals surface area contributed by atoms with E-state index < -0.39 is 16.6 Å². The Balaban J connectivity index is 2.35. The first kappa shape index (κ1) is 14.8. The van der Waals surface area contributed by atoms with E-state index in [0.717, 1.165) is 6.07 Å². The van der Waals surface area contributed by atoms with Crippen LogP contribution in [0, 0.1) is 10.1 Å². The standard InChI is InChI=1S/C14H10ClNO5/c1-20-12-4-2-3-5-13(12)21-14(17)10-7-6-9(15)8-11(10)16(18)19/h2-8H,1H3. The van der Waals surface area contributed by atoms with E-state index in [2.05, 4.69) is 0 Å². The summed E-state index contributed by atoms with van der Waals surface area (Å²) in [6, 6.07) is 10.2. The first-order valence-corrected chi connectivity index (χ1v) is 6.20. The van der Waals surface area contributed by atoms with Gasteiger partial charge in [-0.25, -0.2) is 4.79 Å². The number of nitrogens with zero attached hydrogens (tertiary/aromatic N) is 1. The highest BCUT2D eigenvalue weighted by atomic mass is 35.5. The van der Waals surface area contributed by atoms with Crippen molar-refractivity contribution in [3.8, 4) is 11.5 Å². The molecule has 0 fully saturated rings. The van der Waals surface area contributed by atoms with Crippen LogP contribution in [0.2, 0.25) is 5.02 Å². The molecule has 0 aliphatic rings. The molecule has 2 aromatic carbocycles. The number of nitro benzene ring substituents is 1. The molecular formula is C14H10ClNO5. The zero-order valence-corrected chi connectivity index (χ0v) is 11.7. The molecule has 2 aromatic rings. The van der Waals surface area contributed by atoms with E-state index in [-0.39, 0.29) is 16.3 Å². The third kappa shape index (κ3) is 3.29. The minimum absolute atomic E-state index is 0.163. The van der Waals surface area contributed by atoms with E-state index in [1.54, 1.807) is 18.2 Å². The van der Waals surface area contributed by atoms with Crippen LogP contribution in [0.25, 0.3) is 0 Å². The highest BCUT2D eigenvalue weighted by Gasteiger charge is 2.23. The number of hydrogen-bond acceptors (Lipinski definition) is 5. The van der Waals surface area contributed by atoms with Gasteiger partial charge in [-0.15, -0.1) is 0 Å². The van der Waals surface area contributed by atoms with E-state index in [4.69, 9.17) is 21.1 Å². The number of para-hydroxylation sites is 2. The number of carbonyl (C=O) groups is 1. The number of esters is 1. The fourth-order valence-electron chi connectivity index (χ4n) is 1.69. The Morgan fingerprint density at radius 1 is 1.19 bits per heavy atom. The minimum Gasteiger partial charge on any atom is -0.493 e. The predicted octanol–water partition coefficient (Wildman–Crippen LogP) is 3.48. The van der Waals surface area contributed by atoms with Crippen molar-refractivity contribution < 1.29 is 19.2 Å². The summed E-state index contributed by atoms with van der Waals surface area (Å²) in [5.74, 6) is -0.334. The van der Waals surface area contributed by atoms with Gasteiger partial charge >= 0.3 is 5.97 Å². The molecule has 0 spiro atoms. The average Bonchev–Trinajstić information content (AvgIpc) is 2.47. The van der Waals surface area contributed by atoms with Crippen molar-refractivity contribution >= 4 is 23.3 Å². The van der Waals surface area contributed by atoms with Crippen molar-refractivity contribution in [1.29, 1.82) is 0 Å². The summed E-state index contributed by atoms with van der Waals surface area (Å²) in [7, 11) is 1.43. The fourth-order valence-corrected chi connectivity index (χ4v) is 1.85. The lowest BCUT2D eigenvalue weighted by Crippen LogP contribution is -2.11. The number of hydrogen-bond donors (Lipinski definition) is 0. The molecule has 0 bridgehead atoms. The molecule has 0 saturated carbocycles. The lowest BCUT2D eigenvalue weighted by Gasteiger charge is -2.08. The molecule has 0 N–H and O–H groups in total. The van der Waals surface area contributed by atoms with Crippen LogP contribution in [0.4, 0.5) is 5.69 Å². The van der Waals surface area contributed by atoms with Gasteiger partial charge in [-0.1, -0.05) is 23.7 Å². The van der Waals surface area contributed by atoms with E-state index in [0.29, 0.717) is 5.75 Å². The molecular weight excluding hydrogens is 298 g/mol. The van der Waals surface area contributed by atoms with Gasteiger partial charge in [0, 0.05) is 11.1 Å². The van der Waals surface area contributed by atoms with Crippen LogP contribution in [-0.2, 0) is 0 Å². The second-order valence-corrected chi connectivity index (χ2v) is 4.40. The molecule has 0 aliphatic heterocycles. The molecule has 0 aromatic heterocycles. The van der Waals surface area contributed by atoms with Crippen LogP contribution in [0.3, 0.4) is 0 Å². The van der Waals surface area contributed by atoms with Gasteiger partial charge in [-0.2, -0.15) is 0 Å². The maximum absolute atomic E-state index is 12.1. The monoisotopic (exact) mass is 307 g/mol. The second kappa shape index (κ2) is 6.23. The van der Waals surface area contributed by atoms with Crippen LogP contribution < -0.4 is 9.47 Å². The van der Waals surface area contributed by atoms with Crippen LogP contribution >= 0.6 is 11.6 Å². The molecule has 0 heterocycles. The Hall–Kier alpha value is -2.60. The van der Waals surface area contributed by atoms with Gasteiger partial charge in [0.1, 0.15) is 5.56 Å². The zero-order valence-electron chi connectivity index (χ0n) is 10.9. The Kier molecular flexibility index (Phi) is 4.39. The summed E-state index contributed by atoms with van der Waals surface area (Å²) in [6.07, 6.45) is 0. The number of methoxy groups -OCH3 is 1. The summed E-state index contributed by atoms with van der Waals surface area (Å²) in [5.41, 5.74) is -0.599. The largest absolute Gasteiger partial charge is 0.493 e. The maximum Gasteiger partial charge on any atom is 0.350 e. The molecule has 0 aliphatic carbocycles. The van der Waals surface area contributed by atoms with Gasteiger partial charge in [-0.05, 0) is 24.3 Å². The number of carbonyl (C=O) groups excluding carboxylic acids is 1. The number of rotatable bonds is 4. The fraction of sp³-hybridized carbons (Fsp3) is 0.0714. The lowest BCUT2D eigenvalue weighted by atomic mass is 10.2. The third-order valence-corrected chi connectivity index (χ3v) is 2.88. The van der Waals surface area contributed by atoms with Crippen molar-refractivity contribution in [3.63, 3.8) is 0 Å². The Morgan fingerprint density at radius 3 is 2.48 bits per heavy atom. The predicted molar refractivity (Wildman–Crippen MR) is 76.1 cm³/mol. The van der Waals surface area contributed by atoms with Gasteiger partial charge in [0.05, 0.1) is 12.0 Å². The number of benzene rings is 2. The first-order chi connectivity index (χ1) is 10.0. The van der Waals surface area contributed by atoms with Crippen molar-refractivity contribution in [1.82, 2.24) is 0 Å². The Labute approximate surface area is 125 Å². The van der Waals surface area contributed by atoms with Crippen molar-refractivity contribution in [2.24, 2.45) is 0 Å². The molecule has 108 valence electrons. The molecule has 0 unspecified atom stereocenters. The van der Waals surface area contributed by atoms with Crippen LogP contribution in [-0.4, -0.2) is 18.0 Å². The average molecular weight is 308 g/mol. The van der Waals surface area contributed by atoms with Crippen molar-refractivity contribution in [2.75, 3.05) is 7.11 Å². The summed E-state index contributed by atoms with van der Waals surface area (Å²) in [5, 5.41) is 11.1. The van der Waals surface area contributed by atoms with Gasteiger partial charge < -0.3 is 9.47 Å². The van der Waals surface area contributed by atoms with Crippen molar-refractivity contribution in [3.05, 3.63) is 63.2 Å². The summed E-state index contributed by atoms with van der Waals surface area (Å²) >= 11 is 5.70. The number of ether oxygens (including phenoxy) is 2. The van der Waals surface area contributed by atoms with Gasteiger partial charge in [0.2, 0.25) is 0 Å². The van der Waals surface area contributed by atoms with E-state index >= 15 is 0 Å². The maximum atomic E-state index is 12.1. The smallest absolute Gasteiger partial charge is 0.350 e. The molecule has 21 heavy (non-hydrogen) atoms. The third-order valence-electron chi connectivity index (χ3n) is 2.65. The normalized spacial score (nSPS) is 10.0. The molecule has 0 radical (unpaired) electrons. The molecule has 0 atom stereocenters. The summed E-state index contributed by atoms with van der Waals surface area (Å²) in [4.78, 5) is 22.4. The Bertz CT molecular complexity index is 702. The van der Waals surface area contributed by atoms with E-state index in [1.807, 2.05) is 0 Å². The summed E-state index contributed by atoms with van der Waals surface area (Å²) < 4.78 is 10.2. The first-order valence-electron chi connectivity index (χ1n) is 5.82. The van der Waals surface area contributed by atoms with E-state index in [9.17, 15) is 14.9 Å². The van der Waals surface area contributed by atoms with Gasteiger partial charge in [0.25, 0.3) is 5.69 Å². The minimum atomic E-state index is -0.858. The molecule has 0 amide bonds. The highest BCUT2D eigenvalue weighted by molar-refractivity contribution is 6.31. The van der Waals surface area contributed by atoms with E-state index in [1.165, 1.54) is 25.3 Å². The SMILES string of the molecule is COc1ccccc1OC(=O)c1ccc(Cl)cc1[N+](=O)[O-]. The topological polar surface area (TPSA) is 78.7 Å². The quantitative estimate of drug-likeness (QED) is 0.374. The number of nitro groups is 1. The zero-order chi connectivity index (χ0) is 15.4. The van der Waals surface area contributed by atoms with Crippen LogP contribution in [0.15, 0.2) is 42.5 Å². The van der Waals surface area contributed by atoms with Gasteiger partial charge in [-0.3, -0.25) is 10.1 Å². The number of halogens is 1. The molecule has 7 heteroatoms. The van der Waals surface area contributed by atoms with Crippen LogP contribution in [0.5, 0.6) is 11.5 Å². The Morgan fingerprint density at radius 2 is 1.86 bits per heavy atom. The van der Waals surface area contributed by atoms with Gasteiger partial charge in [0.15, 0.2) is 11.5 Å². The molecule has 6 nitrogen and oxygen atoms in total. The second-order valence-electron chi connectivity index (χ2n) is 3.96. The summed E-state index contributed by atoms with van der Waals surface area (Å²) in [6.45, 7) is 0. The molecule has 2 rings (SSSR count).